The molecule has 98 valence electrons. The molecule has 0 heterocycles. The van der Waals surface area contributed by atoms with Crippen LogP contribution in [-0.4, -0.2) is 19.5 Å². The van der Waals surface area contributed by atoms with Gasteiger partial charge in [0.2, 0.25) is 0 Å². The third kappa shape index (κ3) is 3.52. The molecule has 0 radical (unpaired) electrons. The minimum Gasteiger partial charge on any atom is -0.385 e. The van der Waals surface area contributed by atoms with Crippen molar-refractivity contribution in [3.63, 3.8) is 0 Å². The number of hydrogen-bond donors (Lipinski definition) is 0. The number of ketones is 1. The van der Waals surface area contributed by atoms with Gasteiger partial charge in [0.05, 0.1) is 0 Å². The number of benzene rings is 2. The normalized spacial score (nSPS) is 12.1. The Bertz CT molecular complexity index is 505. The van der Waals surface area contributed by atoms with Crippen molar-refractivity contribution in [1.82, 2.24) is 0 Å². The maximum atomic E-state index is 12.6. The smallest absolute Gasteiger partial charge is 0.170 e. The van der Waals surface area contributed by atoms with Gasteiger partial charge in [-0.15, -0.1) is 0 Å². The molecular formula is C17H18O2. The van der Waals surface area contributed by atoms with Crippen LogP contribution in [0.4, 0.5) is 0 Å². The average molecular weight is 254 g/mol. The van der Waals surface area contributed by atoms with Crippen molar-refractivity contribution in [1.29, 1.82) is 0 Å². The Labute approximate surface area is 114 Å². The molecule has 0 amide bonds. The second kappa shape index (κ2) is 6.86. The SMILES string of the molecule is COCC[C@@H](C(=O)c1ccccc1)c1ccccc1. The highest BCUT2D eigenvalue weighted by Gasteiger charge is 2.21. The molecule has 19 heavy (non-hydrogen) atoms. The average Bonchev–Trinajstić information content (AvgIpc) is 2.49. The van der Waals surface area contributed by atoms with Gasteiger partial charge in [-0.2, -0.15) is 0 Å². The van der Waals surface area contributed by atoms with Gasteiger partial charge in [-0.3, -0.25) is 4.79 Å². The fraction of sp³-hybridized carbons (Fsp3) is 0.235. The first-order chi connectivity index (χ1) is 9.33. The fourth-order valence-corrected chi connectivity index (χ4v) is 2.17. The van der Waals surface area contributed by atoms with Gasteiger partial charge >= 0.3 is 0 Å². The Hall–Kier alpha value is -1.93. The second-order valence-corrected chi connectivity index (χ2v) is 4.48. The summed E-state index contributed by atoms with van der Waals surface area (Å²) in [7, 11) is 1.66. The van der Waals surface area contributed by atoms with Gasteiger partial charge in [-0.1, -0.05) is 60.7 Å². The van der Waals surface area contributed by atoms with Crippen molar-refractivity contribution in [2.24, 2.45) is 0 Å². The van der Waals surface area contributed by atoms with E-state index in [0.717, 1.165) is 11.1 Å². The Morgan fingerprint density at radius 2 is 1.58 bits per heavy atom. The highest BCUT2D eigenvalue weighted by atomic mass is 16.5. The van der Waals surface area contributed by atoms with Crippen LogP contribution in [-0.2, 0) is 4.74 Å². The van der Waals surface area contributed by atoms with Gasteiger partial charge in [0.1, 0.15) is 0 Å². The third-order valence-electron chi connectivity index (χ3n) is 3.19. The summed E-state index contributed by atoms with van der Waals surface area (Å²) in [5, 5.41) is 0. The summed E-state index contributed by atoms with van der Waals surface area (Å²) in [5.41, 5.74) is 1.81. The Kier molecular flexibility index (Phi) is 4.87. The van der Waals surface area contributed by atoms with Crippen molar-refractivity contribution in [3.05, 3.63) is 71.8 Å². The lowest BCUT2D eigenvalue weighted by molar-refractivity contribution is 0.0932. The van der Waals surface area contributed by atoms with Gasteiger partial charge in [-0.05, 0) is 12.0 Å². The zero-order valence-electron chi connectivity index (χ0n) is 11.1. The fourth-order valence-electron chi connectivity index (χ4n) is 2.17. The zero-order valence-corrected chi connectivity index (χ0v) is 11.1. The van der Waals surface area contributed by atoms with Gasteiger partial charge in [-0.25, -0.2) is 0 Å². The van der Waals surface area contributed by atoms with E-state index < -0.39 is 0 Å². The van der Waals surface area contributed by atoms with Crippen LogP contribution in [0.2, 0.25) is 0 Å². The summed E-state index contributed by atoms with van der Waals surface area (Å²) in [5.74, 6) is 0.0207. The molecule has 2 nitrogen and oxygen atoms in total. The quantitative estimate of drug-likeness (QED) is 0.735. The molecule has 2 aromatic carbocycles. The molecule has 0 bridgehead atoms. The number of rotatable bonds is 6. The van der Waals surface area contributed by atoms with E-state index in [0.29, 0.717) is 13.0 Å². The van der Waals surface area contributed by atoms with E-state index >= 15 is 0 Å². The molecule has 0 N–H and O–H groups in total. The summed E-state index contributed by atoms with van der Waals surface area (Å²) in [4.78, 5) is 12.6. The van der Waals surface area contributed by atoms with Crippen LogP contribution in [0, 0.1) is 0 Å². The topological polar surface area (TPSA) is 26.3 Å². The van der Waals surface area contributed by atoms with Crippen LogP contribution in [0.1, 0.15) is 28.3 Å². The van der Waals surface area contributed by atoms with Gasteiger partial charge in [0, 0.05) is 25.2 Å². The molecule has 0 saturated heterocycles. The first kappa shape index (κ1) is 13.5. The van der Waals surface area contributed by atoms with Crippen molar-refractivity contribution < 1.29 is 9.53 Å². The van der Waals surface area contributed by atoms with E-state index in [9.17, 15) is 4.79 Å². The molecule has 0 saturated carbocycles. The molecule has 2 heteroatoms. The molecule has 2 rings (SSSR count). The second-order valence-electron chi connectivity index (χ2n) is 4.48. The van der Waals surface area contributed by atoms with Crippen LogP contribution in [0.3, 0.4) is 0 Å². The molecule has 0 spiro atoms. The minimum atomic E-state index is -0.136. The van der Waals surface area contributed by atoms with Crippen molar-refractivity contribution >= 4 is 5.78 Å². The van der Waals surface area contributed by atoms with E-state index in [1.54, 1.807) is 7.11 Å². The molecule has 0 aliphatic carbocycles. The molecule has 0 aliphatic rings. The van der Waals surface area contributed by atoms with Crippen LogP contribution >= 0.6 is 0 Å². The summed E-state index contributed by atoms with van der Waals surface area (Å²) < 4.78 is 5.13. The minimum absolute atomic E-state index is 0.136. The predicted octanol–water partition coefficient (Wildman–Crippen LogP) is 3.69. The van der Waals surface area contributed by atoms with E-state index in [4.69, 9.17) is 4.74 Å². The molecular weight excluding hydrogens is 236 g/mol. The van der Waals surface area contributed by atoms with Crippen LogP contribution in [0.5, 0.6) is 0 Å². The van der Waals surface area contributed by atoms with Crippen LogP contribution in [0.25, 0.3) is 0 Å². The summed E-state index contributed by atoms with van der Waals surface area (Å²) in [6, 6.07) is 19.3. The summed E-state index contributed by atoms with van der Waals surface area (Å²) in [6.45, 7) is 0.581. The predicted molar refractivity (Wildman–Crippen MR) is 76.4 cm³/mol. The van der Waals surface area contributed by atoms with Gasteiger partial charge in [0.15, 0.2) is 5.78 Å². The molecule has 0 fully saturated rings. The monoisotopic (exact) mass is 254 g/mol. The molecule has 0 aromatic heterocycles. The zero-order chi connectivity index (χ0) is 13.5. The lowest BCUT2D eigenvalue weighted by Gasteiger charge is -2.16. The Balaban J connectivity index is 2.25. The molecule has 2 aromatic rings. The Morgan fingerprint density at radius 1 is 1.00 bits per heavy atom. The molecule has 0 unspecified atom stereocenters. The summed E-state index contributed by atoms with van der Waals surface area (Å²) in [6.07, 6.45) is 0.703. The highest BCUT2D eigenvalue weighted by molar-refractivity contribution is 6.00. The van der Waals surface area contributed by atoms with E-state index in [1.807, 2.05) is 60.7 Å². The number of hydrogen-bond acceptors (Lipinski definition) is 2. The third-order valence-corrected chi connectivity index (χ3v) is 3.19. The number of carbonyl (C=O) groups excluding carboxylic acids is 1. The first-order valence-electron chi connectivity index (χ1n) is 6.46. The van der Waals surface area contributed by atoms with Crippen molar-refractivity contribution in [3.8, 4) is 0 Å². The van der Waals surface area contributed by atoms with Crippen LogP contribution < -0.4 is 0 Å². The number of methoxy groups -OCH3 is 1. The lowest BCUT2D eigenvalue weighted by atomic mass is 9.88. The van der Waals surface area contributed by atoms with E-state index in [1.165, 1.54) is 0 Å². The molecule has 1 atom stereocenters. The van der Waals surface area contributed by atoms with Crippen molar-refractivity contribution in [2.75, 3.05) is 13.7 Å². The first-order valence-corrected chi connectivity index (χ1v) is 6.46. The van der Waals surface area contributed by atoms with E-state index in [-0.39, 0.29) is 11.7 Å². The van der Waals surface area contributed by atoms with Gasteiger partial charge in [0.25, 0.3) is 0 Å². The largest absolute Gasteiger partial charge is 0.385 e. The maximum absolute atomic E-state index is 12.6. The highest BCUT2D eigenvalue weighted by Crippen LogP contribution is 2.24. The number of carbonyl (C=O) groups is 1. The number of Topliss-reactive ketones (excluding diaryl/α,β-unsaturated/α-hetero) is 1. The lowest BCUT2D eigenvalue weighted by Crippen LogP contribution is -2.15. The van der Waals surface area contributed by atoms with Crippen molar-refractivity contribution in [2.45, 2.75) is 12.3 Å². The Morgan fingerprint density at radius 3 is 2.16 bits per heavy atom. The van der Waals surface area contributed by atoms with Crippen LogP contribution in [0.15, 0.2) is 60.7 Å². The summed E-state index contributed by atoms with van der Waals surface area (Å²) >= 11 is 0. The van der Waals surface area contributed by atoms with E-state index in [2.05, 4.69) is 0 Å². The van der Waals surface area contributed by atoms with Gasteiger partial charge < -0.3 is 4.74 Å². The number of ether oxygens (including phenoxy) is 1. The molecule has 0 aliphatic heterocycles. The maximum Gasteiger partial charge on any atom is 0.170 e. The standard InChI is InChI=1S/C17H18O2/c1-19-13-12-16(14-8-4-2-5-9-14)17(18)15-10-6-3-7-11-15/h2-11,16H,12-13H2,1H3/t16-/m1/s1.